The van der Waals surface area contributed by atoms with Crippen molar-refractivity contribution in [2.45, 2.75) is 6.92 Å². The number of amides is 1. The van der Waals surface area contributed by atoms with Crippen molar-refractivity contribution in [1.82, 2.24) is 15.1 Å². The van der Waals surface area contributed by atoms with Gasteiger partial charge in [-0.15, -0.1) is 10.2 Å². The lowest BCUT2D eigenvalue weighted by atomic mass is 10.1. The normalized spacial score (nSPS) is 14.1. The second-order valence-corrected chi connectivity index (χ2v) is 8.65. The maximum absolute atomic E-state index is 12.8. The van der Waals surface area contributed by atoms with Gasteiger partial charge in [0.25, 0.3) is 5.91 Å². The maximum Gasteiger partial charge on any atom is 0.349 e. The van der Waals surface area contributed by atoms with Gasteiger partial charge in [-0.3, -0.25) is 4.79 Å². The molecule has 2 aromatic carbocycles. The molecule has 0 saturated carbocycles. The Morgan fingerprint density at radius 3 is 2.50 bits per heavy atom. The summed E-state index contributed by atoms with van der Waals surface area (Å²) in [6, 6.07) is 18.0. The first-order chi connectivity index (χ1) is 17.5. The third-order valence-corrected chi connectivity index (χ3v) is 6.18. The van der Waals surface area contributed by atoms with Crippen LogP contribution in [0, 0.1) is 0 Å². The van der Waals surface area contributed by atoms with E-state index in [-0.39, 0.29) is 5.56 Å². The lowest BCUT2D eigenvalue weighted by Crippen LogP contribution is -2.44. The topological polar surface area (TPSA) is 101 Å². The molecule has 0 spiro atoms. The Hall–Kier alpha value is -4.24. The van der Waals surface area contributed by atoms with Crippen LogP contribution in [0.15, 0.2) is 69.9 Å². The molecule has 1 aliphatic heterocycles. The molecule has 1 aliphatic rings. The van der Waals surface area contributed by atoms with E-state index in [1.54, 1.807) is 30.3 Å². The van der Waals surface area contributed by atoms with Crippen LogP contribution in [0.1, 0.15) is 17.3 Å². The number of carbonyl (C=O) groups is 1. The summed E-state index contributed by atoms with van der Waals surface area (Å²) < 4.78 is 10.9. The van der Waals surface area contributed by atoms with Crippen molar-refractivity contribution >= 4 is 28.4 Å². The summed E-state index contributed by atoms with van der Waals surface area (Å²) in [7, 11) is 2.12. The third kappa shape index (κ3) is 4.92. The number of nitrogens with zero attached hydrogens (tertiary/aromatic N) is 4. The molecule has 0 bridgehead atoms. The Labute approximate surface area is 208 Å². The molecule has 0 aliphatic carbocycles. The average Bonchev–Trinajstić information content (AvgIpc) is 2.90. The largest absolute Gasteiger partial charge is 0.490 e. The minimum atomic E-state index is -0.723. The standard InChI is InChI=1S/C27H27N5O4/c1-3-35-23-6-4-5-19-17-21(27(34)36-25(19)23)26(33)28-20-9-7-18(8-10-20)22-11-12-24(30-29-22)32-15-13-31(2)14-16-32/h4-12,17H,3,13-16H2,1-2H3,(H,28,33). The molecule has 0 radical (unpaired) electrons. The van der Waals surface area contributed by atoms with Crippen LogP contribution in [-0.4, -0.2) is 60.8 Å². The summed E-state index contributed by atoms with van der Waals surface area (Å²) in [4.78, 5) is 29.9. The summed E-state index contributed by atoms with van der Waals surface area (Å²) >= 11 is 0. The van der Waals surface area contributed by atoms with Gasteiger partial charge >= 0.3 is 5.63 Å². The zero-order valence-corrected chi connectivity index (χ0v) is 20.2. The minimum Gasteiger partial charge on any atom is -0.490 e. The fourth-order valence-corrected chi connectivity index (χ4v) is 4.15. The molecule has 9 heteroatoms. The van der Waals surface area contributed by atoms with Crippen LogP contribution < -0.4 is 20.6 Å². The molecule has 4 aromatic rings. The van der Waals surface area contributed by atoms with E-state index in [0.29, 0.717) is 29.0 Å². The molecule has 5 rings (SSSR count). The number of nitrogens with one attached hydrogen (secondary N) is 1. The Kier molecular flexibility index (Phi) is 6.64. The minimum absolute atomic E-state index is 0.0782. The second kappa shape index (κ2) is 10.2. The molecule has 1 amide bonds. The van der Waals surface area contributed by atoms with Gasteiger partial charge in [-0.1, -0.05) is 24.3 Å². The van der Waals surface area contributed by atoms with Crippen LogP contribution in [0.25, 0.3) is 22.2 Å². The first-order valence-corrected chi connectivity index (χ1v) is 11.9. The summed E-state index contributed by atoms with van der Waals surface area (Å²) in [6.07, 6.45) is 0. The monoisotopic (exact) mass is 485 g/mol. The van der Waals surface area contributed by atoms with E-state index in [0.717, 1.165) is 43.3 Å². The number of rotatable bonds is 6. The van der Waals surface area contributed by atoms with Crippen LogP contribution in [0.3, 0.4) is 0 Å². The number of anilines is 2. The van der Waals surface area contributed by atoms with Crippen LogP contribution in [-0.2, 0) is 0 Å². The molecule has 1 N–H and O–H groups in total. The van der Waals surface area contributed by atoms with E-state index < -0.39 is 11.5 Å². The fraction of sp³-hybridized carbons (Fsp3) is 0.259. The van der Waals surface area contributed by atoms with Gasteiger partial charge in [-0.25, -0.2) is 4.79 Å². The number of benzene rings is 2. The zero-order chi connectivity index (χ0) is 25.1. The Morgan fingerprint density at radius 2 is 1.81 bits per heavy atom. The Balaban J connectivity index is 1.29. The van der Waals surface area contributed by atoms with Crippen LogP contribution in [0.4, 0.5) is 11.5 Å². The lowest BCUT2D eigenvalue weighted by Gasteiger charge is -2.32. The number of carbonyl (C=O) groups excluding carboxylic acids is 1. The average molecular weight is 486 g/mol. The molecule has 0 atom stereocenters. The molecular formula is C27H27N5O4. The molecule has 9 nitrogen and oxygen atoms in total. The Morgan fingerprint density at radius 1 is 1.03 bits per heavy atom. The van der Waals surface area contributed by atoms with Crippen molar-refractivity contribution in [3.8, 4) is 17.0 Å². The number of para-hydroxylation sites is 1. The molecule has 184 valence electrons. The van der Waals surface area contributed by atoms with Crippen LogP contribution in [0.2, 0.25) is 0 Å². The number of hydrogen-bond donors (Lipinski definition) is 1. The molecule has 3 heterocycles. The number of hydrogen-bond acceptors (Lipinski definition) is 8. The van der Waals surface area contributed by atoms with Gasteiger partial charge in [0.15, 0.2) is 17.2 Å². The van der Waals surface area contributed by atoms with Crippen LogP contribution in [0.5, 0.6) is 5.75 Å². The fourth-order valence-electron chi connectivity index (χ4n) is 4.15. The number of aromatic nitrogens is 2. The highest BCUT2D eigenvalue weighted by Gasteiger charge is 2.17. The summed E-state index contributed by atoms with van der Waals surface area (Å²) in [5.41, 5.74) is 1.69. The second-order valence-electron chi connectivity index (χ2n) is 8.65. The van der Waals surface area contributed by atoms with Crippen molar-refractivity contribution in [2.75, 3.05) is 50.1 Å². The van der Waals surface area contributed by atoms with Crippen LogP contribution >= 0.6 is 0 Å². The number of likely N-dealkylation sites (N-methyl/N-ethyl adjacent to an activating group) is 1. The maximum atomic E-state index is 12.8. The summed E-state index contributed by atoms with van der Waals surface area (Å²) in [5.74, 6) is 0.796. The smallest absolute Gasteiger partial charge is 0.349 e. The van der Waals surface area contributed by atoms with E-state index in [9.17, 15) is 9.59 Å². The predicted molar refractivity (Wildman–Crippen MR) is 139 cm³/mol. The molecule has 0 unspecified atom stereocenters. The molecule has 2 aromatic heterocycles. The van der Waals surface area contributed by atoms with Crippen molar-refractivity contribution in [3.05, 3.63) is 76.6 Å². The molecule has 1 fully saturated rings. The van der Waals surface area contributed by atoms with E-state index in [1.807, 2.05) is 31.2 Å². The predicted octanol–water partition coefficient (Wildman–Crippen LogP) is 3.65. The highest BCUT2D eigenvalue weighted by molar-refractivity contribution is 6.05. The zero-order valence-electron chi connectivity index (χ0n) is 20.2. The highest BCUT2D eigenvalue weighted by atomic mass is 16.5. The van der Waals surface area contributed by atoms with E-state index >= 15 is 0 Å². The Bertz CT molecular complexity index is 1430. The van der Waals surface area contributed by atoms with Gasteiger partial charge in [0, 0.05) is 42.8 Å². The van der Waals surface area contributed by atoms with Gasteiger partial charge in [-0.05, 0) is 50.4 Å². The number of ether oxygens (including phenoxy) is 1. The molecule has 1 saturated heterocycles. The van der Waals surface area contributed by atoms with E-state index in [1.165, 1.54) is 6.07 Å². The van der Waals surface area contributed by atoms with Crippen molar-refractivity contribution in [3.63, 3.8) is 0 Å². The first kappa shape index (κ1) is 23.5. The van der Waals surface area contributed by atoms with Gasteiger partial charge in [0.1, 0.15) is 5.56 Å². The number of fused-ring (bicyclic) bond motifs is 1. The van der Waals surface area contributed by atoms with Gasteiger partial charge in [-0.2, -0.15) is 0 Å². The van der Waals surface area contributed by atoms with E-state index in [4.69, 9.17) is 9.15 Å². The quantitative estimate of drug-likeness (QED) is 0.413. The lowest BCUT2D eigenvalue weighted by molar-refractivity contribution is 0.102. The molecular weight excluding hydrogens is 458 g/mol. The van der Waals surface area contributed by atoms with Crippen molar-refractivity contribution in [1.29, 1.82) is 0 Å². The van der Waals surface area contributed by atoms with Gasteiger partial charge < -0.3 is 24.3 Å². The SMILES string of the molecule is CCOc1cccc2cc(C(=O)Nc3ccc(-c4ccc(N5CCN(C)CC5)nn4)cc3)c(=O)oc12. The number of piperazine rings is 1. The van der Waals surface area contributed by atoms with Gasteiger partial charge in [0.2, 0.25) is 0 Å². The van der Waals surface area contributed by atoms with Crippen molar-refractivity contribution < 1.29 is 13.9 Å². The first-order valence-electron chi connectivity index (χ1n) is 11.9. The highest BCUT2D eigenvalue weighted by Crippen LogP contribution is 2.26. The summed E-state index contributed by atoms with van der Waals surface area (Å²) in [6.45, 7) is 6.16. The van der Waals surface area contributed by atoms with E-state index in [2.05, 4.69) is 32.4 Å². The molecule has 36 heavy (non-hydrogen) atoms. The third-order valence-electron chi connectivity index (χ3n) is 6.18. The summed E-state index contributed by atoms with van der Waals surface area (Å²) in [5, 5.41) is 12.2. The van der Waals surface area contributed by atoms with Crippen molar-refractivity contribution in [2.24, 2.45) is 0 Å². The van der Waals surface area contributed by atoms with Gasteiger partial charge in [0.05, 0.1) is 12.3 Å².